The van der Waals surface area contributed by atoms with Crippen molar-refractivity contribution in [2.75, 3.05) is 0 Å². The van der Waals surface area contributed by atoms with Gasteiger partial charge in [0.25, 0.3) is 5.91 Å². The van der Waals surface area contributed by atoms with Gasteiger partial charge in [-0.15, -0.1) is 0 Å². The summed E-state index contributed by atoms with van der Waals surface area (Å²) in [7, 11) is 0. The van der Waals surface area contributed by atoms with Gasteiger partial charge in [0.15, 0.2) is 5.60 Å². The van der Waals surface area contributed by atoms with Crippen molar-refractivity contribution in [2.45, 2.75) is 26.0 Å². The molecule has 0 spiro atoms. The molecule has 2 rings (SSSR count). The van der Waals surface area contributed by atoms with Crippen molar-refractivity contribution >= 4 is 17.5 Å². The van der Waals surface area contributed by atoms with E-state index in [1.54, 1.807) is 44.3 Å². The smallest absolute Gasteiger partial charge is 0.263 e. The lowest BCUT2D eigenvalue weighted by Crippen LogP contribution is -2.46. The van der Waals surface area contributed by atoms with Crippen LogP contribution < -0.4 is 10.1 Å². The quantitative estimate of drug-likeness (QED) is 0.923. The minimum absolute atomic E-state index is 0.205. The maximum atomic E-state index is 12.2. The summed E-state index contributed by atoms with van der Waals surface area (Å²) in [5, 5.41) is 3.44. The van der Waals surface area contributed by atoms with Gasteiger partial charge >= 0.3 is 0 Å². The average molecular weight is 305 g/mol. The summed E-state index contributed by atoms with van der Waals surface area (Å²) >= 11 is 5.82. The fourth-order valence-corrected chi connectivity index (χ4v) is 1.86. The number of nitrogens with one attached hydrogen (secondary N) is 1. The van der Waals surface area contributed by atoms with Gasteiger partial charge in [0, 0.05) is 11.2 Å². The second-order valence-corrected chi connectivity index (χ2v) is 5.51. The van der Waals surface area contributed by atoms with Crippen molar-refractivity contribution in [2.24, 2.45) is 0 Å². The van der Waals surface area contributed by atoms with Crippen LogP contribution in [-0.2, 0) is 11.3 Å². The molecule has 1 amide bonds. The first kappa shape index (κ1) is 15.3. The molecule has 4 nitrogen and oxygen atoms in total. The number of aromatic nitrogens is 1. The van der Waals surface area contributed by atoms with Gasteiger partial charge in [0.1, 0.15) is 5.75 Å². The third-order valence-corrected chi connectivity index (χ3v) is 3.14. The van der Waals surface area contributed by atoms with Crippen LogP contribution in [-0.4, -0.2) is 16.5 Å². The molecule has 0 aliphatic carbocycles. The fourth-order valence-electron chi connectivity index (χ4n) is 1.73. The first-order chi connectivity index (χ1) is 9.97. The van der Waals surface area contributed by atoms with E-state index < -0.39 is 5.60 Å². The molecule has 1 N–H and O–H groups in total. The number of benzene rings is 1. The Balaban J connectivity index is 1.95. The van der Waals surface area contributed by atoms with Crippen molar-refractivity contribution in [3.05, 3.63) is 59.4 Å². The second kappa shape index (κ2) is 6.59. The number of carbonyl (C=O) groups excluding carboxylic acids is 1. The molecule has 0 saturated carbocycles. The molecular weight excluding hydrogens is 288 g/mol. The molecule has 0 bridgehead atoms. The maximum Gasteiger partial charge on any atom is 0.263 e. The third-order valence-electron chi connectivity index (χ3n) is 2.89. The molecule has 0 radical (unpaired) electrons. The number of pyridine rings is 1. The first-order valence-electron chi connectivity index (χ1n) is 6.60. The number of nitrogens with zero attached hydrogens (tertiary/aromatic N) is 1. The van der Waals surface area contributed by atoms with E-state index >= 15 is 0 Å². The summed E-state index contributed by atoms with van der Waals surface area (Å²) < 4.78 is 5.72. The Bertz CT molecular complexity index is 597. The van der Waals surface area contributed by atoms with Crippen LogP contribution in [0.1, 0.15) is 19.5 Å². The van der Waals surface area contributed by atoms with E-state index in [2.05, 4.69) is 10.3 Å². The van der Waals surface area contributed by atoms with E-state index in [1.807, 2.05) is 18.2 Å². The minimum atomic E-state index is -0.984. The van der Waals surface area contributed by atoms with Crippen LogP contribution in [0.15, 0.2) is 48.7 Å². The number of carbonyl (C=O) groups is 1. The molecule has 21 heavy (non-hydrogen) atoms. The predicted octanol–water partition coefficient (Wildman–Crippen LogP) is 3.21. The summed E-state index contributed by atoms with van der Waals surface area (Å²) in [5.74, 6) is 0.389. The topological polar surface area (TPSA) is 51.2 Å². The van der Waals surface area contributed by atoms with E-state index in [0.717, 1.165) is 5.69 Å². The zero-order valence-corrected chi connectivity index (χ0v) is 12.7. The number of hydrogen-bond acceptors (Lipinski definition) is 3. The van der Waals surface area contributed by atoms with Gasteiger partial charge in [-0.2, -0.15) is 0 Å². The van der Waals surface area contributed by atoms with Gasteiger partial charge in [-0.25, -0.2) is 0 Å². The van der Waals surface area contributed by atoms with Crippen molar-refractivity contribution in [3.8, 4) is 5.75 Å². The third kappa shape index (κ3) is 4.46. The summed E-state index contributed by atoms with van der Waals surface area (Å²) in [6.07, 6.45) is 1.69. The molecule has 0 unspecified atom stereocenters. The van der Waals surface area contributed by atoms with E-state index in [4.69, 9.17) is 16.3 Å². The molecule has 0 saturated heterocycles. The molecule has 0 aliphatic rings. The second-order valence-electron chi connectivity index (χ2n) is 5.07. The number of rotatable bonds is 5. The van der Waals surface area contributed by atoms with E-state index in [9.17, 15) is 4.79 Å². The lowest BCUT2D eigenvalue weighted by Gasteiger charge is -2.25. The maximum absolute atomic E-state index is 12.2. The van der Waals surface area contributed by atoms with Gasteiger partial charge in [0.05, 0.1) is 12.2 Å². The number of hydrogen-bond donors (Lipinski definition) is 1. The Morgan fingerprint density at radius 1 is 1.24 bits per heavy atom. The van der Waals surface area contributed by atoms with Gasteiger partial charge < -0.3 is 10.1 Å². The van der Waals surface area contributed by atoms with Crippen molar-refractivity contribution in [1.29, 1.82) is 0 Å². The molecule has 0 fully saturated rings. The number of ether oxygens (including phenoxy) is 1. The standard InChI is InChI=1S/C16H17ClN2O2/c1-16(2,21-14-8-6-12(17)7-9-14)15(20)19-11-13-5-3-4-10-18-13/h3-10H,11H2,1-2H3,(H,19,20). The zero-order valence-electron chi connectivity index (χ0n) is 12.0. The summed E-state index contributed by atoms with van der Waals surface area (Å²) in [4.78, 5) is 16.4. The van der Waals surface area contributed by atoms with E-state index in [1.165, 1.54) is 0 Å². The van der Waals surface area contributed by atoms with Crippen LogP contribution in [0.5, 0.6) is 5.75 Å². The monoisotopic (exact) mass is 304 g/mol. The Labute approximate surface area is 129 Å². The fraction of sp³-hybridized carbons (Fsp3) is 0.250. The molecule has 1 aromatic carbocycles. The van der Waals surface area contributed by atoms with Crippen molar-refractivity contribution in [3.63, 3.8) is 0 Å². The van der Waals surface area contributed by atoms with Crippen molar-refractivity contribution in [1.82, 2.24) is 10.3 Å². The lowest BCUT2D eigenvalue weighted by molar-refractivity contribution is -0.134. The molecule has 0 aliphatic heterocycles. The van der Waals surface area contributed by atoms with Gasteiger partial charge in [0.2, 0.25) is 0 Å². The van der Waals surface area contributed by atoms with Gasteiger partial charge in [-0.1, -0.05) is 17.7 Å². The highest BCUT2D eigenvalue weighted by Crippen LogP contribution is 2.21. The van der Waals surface area contributed by atoms with Crippen LogP contribution in [0, 0.1) is 0 Å². The van der Waals surface area contributed by atoms with E-state index in [-0.39, 0.29) is 5.91 Å². The highest BCUT2D eigenvalue weighted by Gasteiger charge is 2.29. The van der Waals surface area contributed by atoms with Crippen LogP contribution in [0.25, 0.3) is 0 Å². The average Bonchev–Trinajstić information content (AvgIpc) is 2.48. The predicted molar refractivity (Wildman–Crippen MR) is 82.2 cm³/mol. The van der Waals surface area contributed by atoms with Crippen molar-refractivity contribution < 1.29 is 9.53 Å². The SMILES string of the molecule is CC(C)(Oc1ccc(Cl)cc1)C(=O)NCc1ccccn1. The molecule has 110 valence electrons. The van der Waals surface area contributed by atoms with E-state index in [0.29, 0.717) is 17.3 Å². The minimum Gasteiger partial charge on any atom is -0.478 e. The van der Waals surface area contributed by atoms with Crippen LogP contribution in [0.2, 0.25) is 5.02 Å². The Kier molecular flexibility index (Phi) is 4.81. The Morgan fingerprint density at radius 2 is 1.95 bits per heavy atom. The largest absolute Gasteiger partial charge is 0.478 e. The zero-order chi connectivity index (χ0) is 15.3. The summed E-state index contributed by atoms with van der Waals surface area (Å²) in [5.41, 5.74) is -0.184. The molecule has 0 atom stereocenters. The molecule has 1 heterocycles. The molecule has 2 aromatic rings. The highest BCUT2D eigenvalue weighted by atomic mass is 35.5. The molecule has 5 heteroatoms. The first-order valence-corrected chi connectivity index (χ1v) is 6.98. The van der Waals surface area contributed by atoms with Gasteiger partial charge in [-0.3, -0.25) is 9.78 Å². The van der Waals surface area contributed by atoms with Crippen LogP contribution in [0.4, 0.5) is 0 Å². The van der Waals surface area contributed by atoms with Crippen LogP contribution >= 0.6 is 11.6 Å². The Hall–Kier alpha value is -2.07. The summed E-state index contributed by atoms with van der Waals surface area (Å²) in [6, 6.07) is 12.5. The summed E-state index contributed by atoms with van der Waals surface area (Å²) in [6.45, 7) is 3.80. The highest BCUT2D eigenvalue weighted by molar-refractivity contribution is 6.30. The van der Waals surface area contributed by atoms with Gasteiger partial charge in [-0.05, 0) is 50.2 Å². The molecule has 1 aromatic heterocycles. The lowest BCUT2D eigenvalue weighted by atomic mass is 10.1. The molecular formula is C16H17ClN2O2. The number of amides is 1. The Morgan fingerprint density at radius 3 is 2.57 bits per heavy atom. The van der Waals surface area contributed by atoms with Crippen LogP contribution in [0.3, 0.4) is 0 Å². The normalized spacial score (nSPS) is 11.0. The number of halogens is 1.